The summed E-state index contributed by atoms with van der Waals surface area (Å²) in [6, 6.07) is 0. The SMILES string of the molecule is CC(=O)[C@@H]1CC(=O)[C@@]2(C)C1CC[C@]1(C)C2CCC2[C@@]3(C)CCCC(C)(C)C3CC[C@]21C. The zero-order chi connectivity index (χ0) is 22.6. The van der Waals surface area contributed by atoms with Crippen molar-refractivity contribution in [1.82, 2.24) is 0 Å². The van der Waals surface area contributed by atoms with Gasteiger partial charge in [0.2, 0.25) is 0 Å². The zero-order valence-corrected chi connectivity index (χ0v) is 21.3. The van der Waals surface area contributed by atoms with Gasteiger partial charge in [0.25, 0.3) is 0 Å². The highest BCUT2D eigenvalue weighted by atomic mass is 16.1. The molecule has 2 heteroatoms. The molecule has 0 amide bonds. The number of Topliss-reactive ketones (excluding diaryl/α,β-unsaturated/α-hetero) is 2. The fraction of sp³-hybridized carbons (Fsp3) is 0.931. The predicted octanol–water partition coefficient (Wildman–Crippen LogP) is 7.25. The molecule has 0 bridgehead atoms. The summed E-state index contributed by atoms with van der Waals surface area (Å²) in [4.78, 5) is 26.0. The smallest absolute Gasteiger partial charge is 0.140 e. The second-order valence-corrected chi connectivity index (χ2v) is 14.2. The van der Waals surface area contributed by atoms with Gasteiger partial charge in [-0.1, -0.05) is 48.0 Å². The molecule has 0 aliphatic heterocycles. The molecule has 0 heterocycles. The molecule has 0 aromatic carbocycles. The van der Waals surface area contributed by atoms with Crippen molar-refractivity contribution < 1.29 is 9.59 Å². The molecule has 31 heavy (non-hydrogen) atoms. The van der Waals surface area contributed by atoms with Crippen LogP contribution in [0, 0.1) is 56.7 Å². The predicted molar refractivity (Wildman–Crippen MR) is 126 cm³/mol. The summed E-state index contributed by atoms with van der Waals surface area (Å²) in [6.45, 7) is 17.0. The quantitative estimate of drug-likeness (QED) is 0.442. The summed E-state index contributed by atoms with van der Waals surface area (Å²) in [6.07, 6.45) is 12.2. The van der Waals surface area contributed by atoms with Gasteiger partial charge in [-0.3, -0.25) is 9.59 Å². The highest BCUT2D eigenvalue weighted by molar-refractivity contribution is 5.95. The van der Waals surface area contributed by atoms with Crippen molar-refractivity contribution in [3.05, 3.63) is 0 Å². The first-order valence-corrected chi connectivity index (χ1v) is 13.4. The Hall–Kier alpha value is -0.660. The Balaban J connectivity index is 1.56. The number of ketones is 2. The van der Waals surface area contributed by atoms with E-state index in [2.05, 4.69) is 41.5 Å². The van der Waals surface area contributed by atoms with E-state index in [1.165, 1.54) is 51.4 Å². The number of hydrogen-bond donors (Lipinski definition) is 0. The second kappa shape index (κ2) is 6.47. The van der Waals surface area contributed by atoms with Gasteiger partial charge in [-0.25, -0.2) is 0 Å². The van der Waals surface area contributed by atoms with Crippen molar-refractivity contribution >= 4 is 11.6 Å². The molecule has 0 saturated heterocycles. The number of rotatable bonds is 1. The van der Waals surface area contributed by atoms with Crippen LogP contribution >= 0.6 is 0 Å². The lowest BCUT2D eigenvalue weighted by atomic mass is 9.32. The van der Waals surface area contributed by atoms with E-state index in [1.54, 1.807) is 6.92 Å². The average molecular weight is 427 g/mol. The maximum atomic E-state index is 13.5. The molecule has 0 aromatic rings. The van der Waals surface area contributed by atoms with E-state index in [0.29, 0.717) is 34.4 Å². The lowest BCUT2D eigenvalue weighted by Crippen LogP contribution is -2.66. The monoisotopic (exact) mass is 426 g/mol. The van der Waals surface area contributed by atoms with E-state index in [9.17, 15) is 9.59 Å². The Morgan fingerprint density at radius 2 is 1.39 bits per heavy atom. The Labute approximate surface area is 190 Å². The van der Waals surface area contributed by atoms with E-state index in [-0.39, 0.29) is 28.4 Å². The molecule has 174 valence electrons. The average Bonchev–Trinajstić information content (AvgIpc) is 2.93. The van der Waals surface area contributed by atoms with Crippen LogP contribution in [0.15, 0.2) is 0 Å². The number of hydrogen-bond acceptors (Lipinski definition) is 2. The van der Waals surface area contributed by atoms with Crippen molar-refractivity contribution in [1.29, 1.82) is 0 Å². The maximum Gasteiger partial charge on any atom is 0.140 e. The first kappa shape index (κ1) is 22.1. The molecular formula is C29H46O2. The molecule has 5 rings (SSSR count). The molecule has 5 aliphatic carbocycles. The fourth-order valence-electron chi connectivity index (χ4n) is 11.5. The largest absolute Gasteiger partial charge is 0.300 e. The van der Waals surface area contributed by atoms with Gasteiger partial charge in [0.1, 0.15) is 11.6 Å². The van der Waals surface area contributed by atoms with Crippen molar-refractivity contribution in [2.45, 2.75) is 113 Å². The van der Waals surface area contributed by atoms with Gasteiger partial charge in [-0.15, -0.1) is 0 Å². The number of carbonyl (C=O) groups is 2. The topological polar surface area (TPSA) is 34.1 Å². The Morgan fingerprint density at radius 1 is 0.774 bits per heavy atom. The number of carbonyl (C=O) groups excluding carboxylic acids is 2. The van der Waals surface area contributed by atoms with Crippen LogP contribution in [0.3, 0.4) is 0 Å². The molecule has 5 aliphatic rings. The first-order chi connectivity index (χ1) is 14.3. The van der Waals surface area contributed by atoms with E-state index in [4.69, 9.17) is 0 Å². The summed E-state index contributed by atoms with van der Waals surface area (Å²) in [7, 11) is 0. The first-order valence-electron chi connectivity index (χ1n) is 13.4. The molecule has 0 radical (unpaired) electrons. The van der Waals surface area contributed by atoms with Crippen molar-refractivity contribution in [2.75, 3.05) is 0 Å². The summed E-state index contributed by atoms with van der Waals surface area (Å²) in [5.74, 6) is 3.01. The molecule has 0 N–H and O–H groups in total. The summed E-state index contributed by atoms with van der Waals surface area (Å²) >= 11 is 0. The molecule has 4 unspecified atom stereocenters. The van der Waals surface area contributed by atoms with Gasteiger partial charge < -0.3 is 0 Å². The molecule has 9 atom stereocenters. The van der Waals surface area contributed by atoms with Crippen LogP contribution in [0.1, 0.15) is 113 Å². The highest BCUT2D eigenvalue weighted by Gasteiger charge is 2.72. The highest BCUT2D eigenvalue weighted by Crippen LogP contribution is 2.77. The standard InChI is InChI=1S/C29H46O2/c1-18(30)19-17-24(31)29(7)20(19)11-15-28(6)23(29)10-9-22-26(4)14-8-13-25(2,3)21(26)12-16-27(22,28)5/h19-23H,8-17H2,1-7H3/t19-,20?,21?,22?,23?,26-,27+,28+,29-/m0/s1. The second-order valence-electron chi connectivity index (χ2n) is 14.2. The van der Waals surface area contributed by atoms with Crippen LogP contribution in [-0.4, -0.2) is 11.6 Å². The van der Waals surface area contributed by atoms with Gasteiger partial charge in [-0.05, 0) is 104 Å². The Kier molecular flexibility index (Phi) is 4.62. The van der Waals surface area contributed by atoms with Gasteiger partial charge in [0.05, 0.1) is 0 Å². The molecule has 5 fully saturated rings. The van der Waals surface area contributed by atoms with Crippen LogP contribution in [0.5, 0.6) is 0 Å². The van der Waals surface area contributed by atoms with Gasteiger partial charge in [-0.2, -0.15) is 0 Å². The summed E-state index contributed by atoms with van der Waals surface area (Å²) in [5.41, 5.74) is 1.17. The third kappa shape index (κ3) is 2.52. The lowest BCUT2D eigenvalue weighted by molar-refractivity contribution is -0.238. The van der Waals surface area contributed by atoms with Crippen LogP contribution in [0.2, 0.25) is 0 Å². The normalized spacial score (nSPS) is 55.6. The van der Waals surface area contributed by atoms with E-state index >= 15 is 0 Å². The molecule has 0 aromatic heterocycles. The minimum absolute atomic E-state index is 0.0139. The molecular weight excluding hydrogens is 380 g/mol. The van der Waals surface area contributed by atoms with E-state index in [1.807, 2.05) is 0 Å². The maximum absolute atomic E-state index is 13.5. The number of fused-ring (bicyclic) bond motifs is 7. The third-order valence-corrected chi connectivity index (χ3v) is 13.1. The van der Waals surface area contributed by atoms with E-state index in [0.717, 1.165) is 18.3 Å². The molecule has 5 saturated carbocycles. The molecule has 2 nitrogen and oxygen atoms in total. The van der Waals surface area contributed by atoms with Gasteiger partial charge >= 0.3 is 0 Å². The minimum Gasteiger partial charge on any atom is -0.300 e. The van der Waals surface area contributed by atoms with Crippen molar-refractivity contribution in [3.63, 3.8) is 0 Å². The lowest BCUT2D eigenvalue weighted by Gasteiger charge is -2.72. The van der Waals surface area contributed by atoms with Crippen LogP contribution < -0.4 is 0 Å². The molecule has 0 spiro atoms. The summed E-state index contributed by atoms with van der Waals surface area (Å²) < 4.78 is 0. The summed E-state index contributed by atoms with van der Waals surface area (Å²) in [5, 5.41) is 0. The van der Waals surface area contributed by atoms with Crippen LogP contribution in [-0.2, 0) is 9.59 Å². The fourth-order valence-corrected chi connectivity index (χ4v) is 11.5. The third-order valence-electron chi connectivity index (χ3n) is 13.1. The van der Waals surface area contributed by atoms with Crippen molar-refractivity contribution in [3.8, 4) is 0 Å². The minimum atomic E-state index is -0.277. The Bertz CT molecular complexity index is 812. The van der Waals surface area contributed by atoms with Crippen LogP contribution in [0.25, 0.3) is 0 Å². The van der Waals surface area contributed by atoms with E-state index < -0.39 is 0 Å². The Morgan fingerprint density at radius 3 is 2.06 bits per heavy atom. The zero-order valence-electron chi connectivity index (χ0n) is 21.3. The van der Waals surface area contributed by atoms with Crippen molar-refractivity contribution in [2.24, 2.45) is 56.7 Å². The van der Waals surface area contributed by atoms with Gasteiger partial charge in [0, 0.05) is 17.8 Å². The van der Waals surface area contributed by atoms with Crippen LogP contribution in [0.4, 0.5) is 0 Å². The van der Waals surface area contributed by atoms with Gasteiger partial charge in [0.15, 0.2) is 0 Å².